The number of aromatic nitrogens is 4. The third kappa shape index (κ3) is 6.17. The molecule has 41 heavy (non-hydrogen) atoms. The highest BCUT2D eigenvalue weighted by Crippen LogP contribution is 2.47. The summed E-state index contributed by atoms with van der Waals surface area (Å²) in [4.78, 5) is 49.2. The van der Waals surface area contributed by atoms with Crippen molar-refractivity contribution < 1.29 is 14.3 Å². The van der Waals surface area contributed by atoms with Crippen LogP contribution in [-0.4, -0.2) is 55.0 Å². The largest absolute Gasteiger partial charge is 0.448 e. The lowest BCUT2D eigenvalue weighted by Crippen LogP contribution is -2.57. The van der Waals surface area contributed by atoms with Gasteiger partial charge in [0.25, 0.3) is 5.91 Å². The number of ether oxygens (including phenoxy) is 1. The van der Waals surface area contributed by atoms with E-state index < -0.39 is 28.3 Å². The predicted octanol–water partition coefficient (Wildman–Crippen LogP) is 4.09. The number of rotatable bonds is 7. The van der Waals surface area contributed by atoms with Crippen LogP contribution >= 0.6 is 11.6 Å². The van der Waals surface area contributed by atoms with Gasteiger partial charge in [0.15, 0.2) is 11.5 Å². The minimum absolute atomic E-state index is 0.0221. The molecule has 216 valence electrons. The van der Waals surface area contributed by atoms with E-state index in [1.165, 1.54) is 12.3 Å². The van der Waals surface area contributed by atoms with Crippen molar-refractivity contribution in [1.29, 1.82) is 5.26 Å². The Balaban J connectivity index is 1.54. The number of carbonyl (C=O) groups is 2. The van der Waals surface area contributed by atoms with E-state index in [0.29, 0.717) is 35.7 Å². The van der Waals surface area contributed by atoms with Gasteiger partial charge in [-0.05, 0) is 60.0 Å². The number of likely N-dealkylation sites (tertiary alicyclic amines) is 1. The van der Waals surface area contributed by atoms with Gasteiger partial charge in [-0.2, -0.15) is 10.4 Å². The lowest BCUT2D eigenvalue weighted by atomic mass is 9.75. The molecule has 11 nitrogen and oxygen atoms in total. The van der Waals surface area contributed by atoms with Crippen LogP contribution in [0.2, 0.25) is 0 Å². The standard InChI is InChI=1S/C29H34ClN7O4/c1-16-12-20(25(38)36-35-16)41-21-14-32-24(33-17(21)2)26(39)34-18(3)27(40)37-22(28(4,5)15-31)9-10-23(37)29(6)11-7-8-19(30)13-29/h7-8,12-14,18,22-23H,9-11H2,1-6H3,(H,34,39)(H,36,38)/t18-,22-,23+,29?/m1/s1. The first-order chi connectivity index (χ1) is 19.3. The van der Waals surface area contributed by atoms with Gasteiger partial charge in [0.05, 0.1) is 35.1 Å². The fourth-order valence-corrected chi connectivity index (χ4v) is 5.85. The van der Waals surface area contributed by atoms with Gasteiger partial charge in [0.1, 0.15) is 6.04 Å². The summed E-state index contributed by atoms with van der Waals surface area (Å²) >= 11 is 6.36. The van der Waals surface area contributed by atoms with E-state index in [-0.39, 0.29) is 35.3 Å². The number of carbonyl (C=O) groups excluding carboxylic acids is 2. The van der Waals surface area contributed by atoms with Crippen LogP contribution in [0.3, 0.4) is 0 Å². The van der Waals surface area contributed by atoms with E-state index in [2.05, 4.69) is 38.5 Å². The predicted molar refractivity (Wildman–Crippen MR) is 152 cm³/mol. The summed E-state index contributed by atoms with van der Waals surface area (Å²) in [5.74, 6) is -0.864. The highest BCUT2D eigenvalue weighted by atomic mass is 35.5. The fraction of sp³-hybridized carbons (Fsp3) is 0.483. The smallest absolute Gasteiger partial charge is 0.307 e. The van der Waals surface area contributed by atoms with Crippen molar-refractivity contribution in [3.63, 3.8) is 0 Å². The molecule has 1 aliphatic carbocycles. The van der Waals surface area contributed by atoms with Crippen molar-refractivity contribution in [2.45, 2.75) is 78.9 Å². The number of allylic oxidation sites excluding steroid dienone is 3. The van der Waals surface area contributed by atoms with E-state index in [1.807, 2.05) is 32.1 Å². The first-order valence-corrected chi connectivity index (χ1v) is 13.8. The number of amides is 2. The molecule has 3 heterocycles. The van der Waals surface area contributed by atoms with Crippen LogP contribution < -0.4 is 15.6 Å². The maximum absolute atomic E-state index is 14.0. The molecule has 4 rings (SSSR count). The number of hydrogen-bond donors (Lipinski definition) is 2. The third-order valence-electron chi connectivity index (χ3n) is 7.80. The van der Waals surface area contributed by atoms with Crippen molar-refractivity contribution >= 4 is 23.4 Å². The molecule has 1 unspecified atom stereocenters. The Morgan fingerprint density at radius 2 is 2.05 bits per heavy atom. The highest BCUT2D eigenvalue weighted by Gasteiger charge is 2.51. The second-order valence-corrected chi connectivity index (χ2v) is 11.9. The Bertz CT molecular complexity index is 1530. The van der Waals surface area contributed by atoms with Gasteiger partial charge in [-0.1, -0.05) is 30.7 Å². The van der Waals surface area contributed by atoms with Gasteiger partial charge in [-0.15, -0.1) is 0 Å². The van der Waals surface area contributed by atoms with Crippen LogP contribution in [-0.2, 0) is 4.79 Å². The number of nitriles is 1. The van der Waals surface area contributed by atoms with Crippen molar-refractivity contribution in [3.8, 4) is 17.6 Å². The number of halogens is 1. The molecule has 1 fully saturated rings. The van der Waals surface area contributed by atoms with E-state index >= 15 is 0 Å². The molecule has 1 aliphatic heterocycles. The van der Waals surface area contributed by atoms with E-state index in [0.717, 1.165) is 0 Å². The van der Waals surface area contributed by atoms with E-state index in [9.17, 15) is 19.6 Å². The second kappa shape index (κ2) is 11.4. The molecule has 2 amide bonds. The maximum atomic E-state index is 14.0. The average molecular weight is 580 g/mol. The van der Waals surface area contributed by atoms with Gasteiger partial charge in [0, 0.05) is 22.6 Å². The van der Waals surface area contributed by atoms with Crippen LogP contribution in [0.1, 0.15) is 69.0 Å². The molecule has 4 atom stereocenters. The average Bonchev–Trinajstić information content (AvgIpc) is 3.38. The van der Waals surface area contributed by atoms with Crippen LogP contribution in [0.25, 0.3) is 0 Å². The molecular weight excluding hydrogens is 546 g/mol. The molecule has 2 aromatic rings. The molecule has 1 saturated heterocycles. The van der Waals surface area contributed by atoms with Crippen molar-refractivity contribution in [1.82, 2.24) is 30.4 Å². The Morgan fingerprint density at radius 3 is 2.71 bits per heavy atom. The SMILES string of the molecule is Cc1cc(Oc2cnc(C(=O)N[C@H](C)C(=O)N3[C@H](C4(C)C=C(Cl)C=CC4)CC[C@@H]3C(C)(C)C#N)nc2C)c(=O)[nH]n1. The summed E-state index contributed by atoms with van der Waals surface area (Å²) in [6.45, 7) is 10.7. The number of aromatic amines is 1. The van der Waals surface area contributed by atoms with Crippen LogP contribution in [0.5, 0.6) is 11.5 Å². The zero-order valence-corrected chi connectivity index (χ0v) is 24.7. The minimum Gasteiger partial charge on any atom is -0.448 e. The van der Waals surface area contributed by atoms with Crippen molar-refractivity contribution in [2.24, 2.45) is 10.8 Å². The summed E-state index contributed by atoms with van der Waals surface area (Å²) in [7, 11) is 0. The zero-order valence-electron chi connectivity index (χ0n) is 24.0. The normalized spacial score (nSPS) is 23.0. The first kappa shape index (κ1) is 29.9. The topological polar surface area (TPSA) is 154 Å². The quantitative estimate of drug-likeness (QED) is 0.497. The third-order valence-corrected chi connectivity index (χ3v) is 8.03. The summed E-state index contributed by atoms with van der Waals surface area (Å²) in [5.41, 5.74) is -0.848. The van der Waals surface area contributed by atoms with E-state index in [4.69, 9.17) is 16.3 Å². The van der Waals surface area contributed by atoms with Gasteiger partial charge >= 0.3 is 5.56 Å². The Labute approximate surface area is 243 Å². The number of H-pyrrole nitrogens is 1. The molecule has 0 radical (unpaired) electrons. The molecule has 2 aliphatic rings. The highest BCUT2D eigenvalue weighted by molar-refractivity contribution is 6.31. The number of nitrogens with zero attached hydrogens (tertiary/aromatic N) is 5. The summed E-state index contributed by atoms with van der Waals surface area (Å²) in [6.07, 6.45) is 9.18. The van der Waals surface area contributed by atoms with Crippen LogP contribution in [0.4, 0.5) is 0 Å². The Morgan fingerprint density at radius 1 is 1.32 bits per heavy atom. The molecular formula is C29H34ClN7O4. The van der Waals surface area contributed by atoms with Gasteiger partial charge in [0.2, 0.25) is 11.7 Å². The monoisotopic (exact) mass is 579 g/mol. The van der Waals surface area contributed by atoms with Crippen LogP contribution in [0.15, 0.2) is 40.3 Å². The lowest BCUT2D eigenvalue weighted by Gasteiger charge is -2.44. The van der Waals surface area contributed by atoms with Crippen molar-refractivity contribution in [3.05, 3.63) is 63.1 Å². The molecule has 12 heteroatoms. The zero-order chi connectivity index (χ0) is 30.1. The minimum atomic E-state index is -0.916. The molecule has 0 bridgehead atoms. The molecule has 0 aromatic carbocycles. The lowest BCUT2D eigenvalue weighted by molar-refractivity contribution is -0.139. The summed E-state index contributed by atoms with van der Waals surface area (Å²) < 4.78 is 5.64. The number of hydrogen-bond acceptors (Lipinski definition) is 8. The molecule has 2 aromatic heterocycles. The number of nitrogens with one attached hydrogen (secondary N) is 2. The Hall–Kier alpha value is -4.04. The second-order valence-electron chi connectivity index (χ2n) is 11.5. The molecule has 0 saturated carbocycles. The number of aryl methyl sites for hydroxylation is 2. The summed E-state index contributed by atoms with van der Waals surface area (Å²) in [6, 6.07) is 2.38. The van der Waals surface area contributed by atoms with Gasteiger partial charge in [-0.3, -0.25) is 14.4 Å². The maximum Gasteiger partial charge on any atom is 0.307 e. The Kier molecular flexibility index (Phi) is 8.36. The van der Waals surface area contributed by atoms with Gasteiger partial charge < -0.3 is 15.0 Å². The molecule has 2 N–H and O–H groups in total. The molecule has 0 spiro atoms. The summed E-state index contributed by atoms with van der Waals surface area (Å²) in [5, 5.41) is 19.4. The van der Waals surface area contributed by atoms with Crippen molar-refractivity contribution in [2.75, 3.05) is 0 Å². The van der Waals surface area contributed by atoms with Crippen LogP contribution in [0, 0.1) is 36.0 Å². The van der Waals surface area contributed by atoms with E-state index in [1.54, 1.807) is 25.7 Å². The van der Waals surface area contributed by atoms with Gasteiger partial charge in [-0.25, -0.2) is 15.1 Å². The first-order valence-electron chi connectivity index (χ1n) is 13.4. The fourth-order valence-electron chi connectivity index (χ4n) is 5.52.